The van der Waals surface area contributed by atoms with Gasteiger partial charge < -0.3 is 16.6 Å². The van der Waals surface area contributed by atoms with Crippen LogP contribution < -0.4 is 11.5 Å². The second-order valence-electron chi connectivity index (χ2n) is 7.11. The Hall–Kier alpha value is -3.36. The van der Waals surface area contributed by atoms with Crippen LogP contribution in [0.15, 0.2) is 62.5 Å². The van der Waals surface area contributed by atoms with Crippen LogP contribution in [0.3, 0.4) is 0 Å². The summed E-state index contributed by atoms with van der Waals surface area (Å²) in [4.78, 5) is 21.0. The number of carboxylic acid groups (broad SMARTS) is 1. The second kappa shape index (κ2) is 11.1. The normalized spacial score (nSPS) is 11.4. The molecule has 0 aliphatic carbocycles. The van der Waals surface area contributed by atoms with E-state index in [1.54, 1.807) is 42.7 Å². The summed E-state index contributed by atoms with van der Waals surface area (Å²) in [5.41, 5.74) is 13.6. The fraction of sp³-hybridized carbons (Fsp3) is 0.136. The Morgan fingerprint density at radius 1 is 1.08 bits per heavy atom. The summed E-state index contributed by atoms with van der Waals surface area (Å²) < 4.78 is 58.9. The molecule has 6 N–H and O–H groups in total. The first-order chi connectivity index (χ1) is 16.6. The van der Waals surface area contributed by atoms with Gasteiger partial charge in [0.15, 0.2) is 0 Å². The van der Waals surface area contributed by atoms with Gasteiger partial charge >= 0.3 is 12.1 Å². The number of amides is 1. The van der Waals surface area contributed by atoms with E-state index in [1.807, 2.05) is 13.0 Å². The van der Waals surface area contributed by atoms with Crippen LogP contribution >= 0.6 is 23.1 Å². The summed E-state index contributed by atoms with van der Waals surface area (Å²) in [5, 5.41) is 14.7. The quantitative estimate of drug-likeness (QED) is 0.199. The number of aliphatic carboxylic acids is 1. The van der Waals surface area contributed by atoms with Crippen LogP contribution in [-0.4, -0.2) is 43.7 Å². The summed E-state index contributed by atoms with van der Waals surface area (Å²) in [7, 11) is -3.80. The van der Waals surface area contributed by atoms with Gasteiger partial charge in [0.2, 0.25) is 15.7 Å². The maximum atomic E-state index is 13.3. The van der Waals surface area contributed by atoms with Crippen LogP contribution in [0.5, 0.6) is 0 Å². The number of carbonyl (C=O) groups is 2. The summed E-state index contributed by atoms with van der Waals surface area (Å²) in [5.74, 6) is -3.43. The number of aryl methyl sites for hydroxylation is 1. The number of sulfone groups is 1. The number of alkyl halides is 3. The van der Waals surface area contributed by atoms with Crippen molar-refractivity contribution in [1.82, 2.24) is 0 Å². The van der Waals surface area contributed by atoms with Crippen molar-refractivity contribution in [3.05, 3.63) is 64.5 Å². The number of halogens is 3. The lowest BCUT2D eigenvalue weighted by molar-refractivity contribution is -0.192. The molecule has 0 fully saturated rings. The molecule has 1 amide bonds. The second-order valence-corrected chi connectivity index (χ2v) is 11.2. The minimum absolute atomic E-state index is 0.150. The predicted octanol–water partition coefficient (Wildman–Crippen LogP) is 4.29. The van der Waals surface area contributed by atoms with Crippen LogP contribution in [0, 0.1) is 12.3 Å². The lowest BCUT2D eigenvalue weighted by Gasteiger charge is -2.10. The van der Waals surface area contributed by atoms with Gasteiger partial charge in [0, 0.05) is 5.56 Å². The SMILES string of the molecule is CSc1sc(C(=N)N)cc1S(=O)(=O)c1cccc(-c2ccc(C(N)=O)cc2C)c1.O=C(O)C(F)(F)F. The lowest BCUT2D eigenvalue weighted by Crippen LogP contribution is -2.21. The van der Waals surface area contributed by atoms with E-state index in [0.29, 0.717) is 20.2 Å². The molecule has 0 spiro atoms. The van der Waals surface area contributed by atoms with E-state index in [0.717, 1.165) is 11.1 Å². The van der Waals surface area contributed by atoms with Gasteiger partial charge in [-0.3, -0.25) is 10.2 Å². The molecule has 2 aromatic carbocycles. The zero-order valence-electron chi connectivity index (χ0n) is 18.7. The largest absolute Gasteiger partial charge is 0.490 e. The summed E-state index contributed by atoms with van der Waals surface area (Å²) >= 11 is 2.49. The molecule has 0 atom stereocenters. The molecule has 1 heterocycles. The summed E-state index contributed by atoms with van der Waals surface area (Å²) in [6.45, 7) is 1.84. The minimum Gasteiger partial charge on any atom is -0.475 e. The van der Waals surface area contributed by atoms with Gasteiger partial charge in [-0.05, 0) is 60.2 Å². The zero-order chi connectivity index (χ0) is 27.4. The van der Waals surface area contributed by atoms with Crippen molar-refractivity contribution in [3.8, 4) is 11.1 Å². The van der Waals surface area contributed by atoms with E-state index in [2.05, 4.69) is 0 Å². The van der Waals surface area contributed by atoms with E-state index < -0.39 is 27.9 Å². The third kappa shape index (κ3) is 6.65. The Labute approximate surface area is 212 Å². The number of hydrogen-bond donors (Lipinski definition) is 4. The fourth-order valence-electron chi connectivity index (χ4n) is 2.92. The molecule has 0 radical (unpaired) electrons. The molecule has 0 aliphatic rings. The number of benzene rings is 2. The zero-order valence-corrected chi connectivity index (χ0v) is 21.2. The molecule has 0 saturated carbocycles. The Morgan fingerprint density at radius 2 is 1.69 bits per heavy atom. The number of primary amides is 1. The molecule has 0 saturated heterocycles. The van der Waals surface area contributed by atoms with Crippen molar-refractivity contribution >= 4 is 50.6 Å². The number of thiophene rings is 1. The van der Waals surface area contributed by atoms with E-state index >= 15 is 0 Å². The number of nitrogens with one attached hydrogen (secondary N) is 1. The average molecular weight is 560 g/mol. The van der Waals surface area contributed by atoms with Crippen molar-refractivity contribution < 1.29 is 36.3 Å². The van der Waals surface area contributed by atoms with Crippen molar-refractivity contribution in [1.29, 1.82) is 5.41 Å². The lowest BCUT2D eigenvalue weighted by atomic mass is 9.98. The van der Waals surface area contributed by atoms with E-state index in [4.69, 9.17) is 26.8 Å². The van der Waals surface area contributed by atoms with Gasteiger partial charge in [0.05, 0.1) is 18.9 Å². The summed E-state index contributed by atoms with van der Waals surface area (Å²) in [6, 6.07) is 13.2. The highest BCUT2D eigenvalue weighted by Crippen LogP contribution is 2.37. The fourth-order valence-corrected chi connectivity index (χ4v) is 6.82. The maximum Gasteiger partial charge on any atom is 0.490 e. The maximum absolute atomic E-state index is 13.3. The highest BCUT2D eigenvalue weighted by Gasteiger charge is 2.38. The first-order valence-corrected chi connectivity index (χ1v) is 13.2. The molecule has 8 nitrogen and oxygen atoms in total. The van der Waals surface area contributed by atoms with Crippen LogP contribution in [0.4, 0.5) is 13.2 Å². The first-order valence-electron chi connectivity index (χ1n) is 9.68. The smallest absolute Gasteiger partial charge is 0.475 e. The molecule has 3 rings (SSSR count). The van der Waals surface area contributed by atoms with Gasteiger partial charge in [-0.25, -0.2) is 13.2 Å². The number of amidine groups is 1. The average Bonchev–Trinajstić information content (AvgIpc) is 3.25. The number of thioether (sulfide) groups is 1. The number of nitrogen functional groups attached to an aromatic ring is 1. The molecule has 14 heteroatoms. The molecule has 192 valence electrons. The Kier molecular flexibility index (Phi) is 8.93. The standard InChI is InChI=1S/C20H19N3O3S3.C2HF3O2/c1-11-8-13(19(23)24)6-7-15(11)12-4-3-5-14(9-12)29(25,26)17-10-16(18(21)22)28-20(17)27-2;3-2(4,5)1(6)7/h3-10H,1-2H3,(H3,21,22)(H2,23,24);(H,6,7). The van der Waals surface area contributed by atoms with E-state index in [-0.39, 0.29) is 15.6 Å². The molecule has 0 aliphatic heterocycles. The highest BCUT2D eigenvalue weighted by molar-refractivity contribution is 8.01. The molecular formula is C22H20F3N3O5S3. The van der Waals surface area contributed by atoms with Gasteiger partial charge in [-0.1, -0.05) is 18.2 Å². The first kappa shape index (κ1) is 28.9. The van der Waals surface area contributed by atoms with Gasteiger partial charge in [0.25, 0.3) is 0 Å². The van der Waals surface area contributed by atoms with E-state index in [1.165, 1.54) is 29.2 Å². The summed E-state index contributed by atoms with van der Waals surface area (Å²) in [6.07, 6.45) is -3.30. The molecule has 1 aromatic heterocycles. The molecule has 3 aromatic rings. The van der Waals surface area contributed by atoms with Crippen molar-refractivity contribution in [2.45, 2.75) is 27.1 Å². The number of hydrogen-bond acceptors (Lipinski definition) is 7. The van der Waals surface area contributed by atoms with Crippen LogP contribution in [0.2, 0.25) is 0 Å². The van der Waals surface area contributed by atoms with Gasteiger partial charge in [-0.2, -0.15) is 13.2 Å². The van der Waals surface area contributed by atoms with Gasteiger partial charge in [-0.15, -0.1) is 23.1 Å². The molecule has 36 heavy (non-hydrogen) atoms. The number of nitrogens with two attached hydrogens (primary N) is 2. The van der Waals surface area contributed by atoms with Crippen LogP contribution in [0.25, 0.3) is 11.1 Å². The number of rotatable bonds is 6. The Balaban J connectivity index is 0.000000572. The molecule has 0 unspecified atom stereocenters. The van der Waals surface area contributed by atoms with Crippen molar-refractivity contribution in [2.75, 3.05) is 6.26 Å². The Morgan fingerprint density at radius 3 is 2.17 bits per heavy atom. The predicted molar refractivity (Wildman–Crippen MR) is 131 cm³/mol. The topological polar surface area (TPSA) is 164 Å². The van der Waals surface area contributed by atoms with E-state index in [9.17, 15) is 26.4 Å². The third-order valence-corrected chi connectivity index (χ3v) is 8.95. The highest BCUT2D eigenvalue weighted by atomic mass is 32.2. The van der Waals surface area contributed by atoms with Gasteiger partial charge in [0.1, 0.15) is 5.84 Å². The minimum atomic E-state index is -5.08. The van der Waals surface area contributed by atoms with Crippen molar-refractivity contribution in [2.24, 2.45) is 11.5 Å². The van der Waals surface area contributed by atoms with Crippen molar-refractivity contribution in [3.63, 3.8) is 0 Å². The number of carbonyl (C=O) groups excluding carboxylic acids is 1. The van der Waals surface area contributed by atoms with Crippen LogP contribution in [0.1, 0.15) is 20.8 Å². The molecule has 0 bridgehead atoms. The third-order valence-electron chi connectivity index (χ3n) is 4.62. The Bertz CT molecular complexity index is 1430. The molecular weight excluding hydrogens is 539 g/mol. The monoisotopic (exact) mass is 559 g/mol. The van der Waals surface area contributed by atoms with Crippen LogP contribution in [-0.2, 0) is 14.6 Å². The number of carboxylic acids is 1.